The lowest BCUT2D eigenvalue weighted by atomic mass is 9.72. The summed E-state index contributed by atoms with van der Waals surface area (Å²) in [5, 5.41) is 12.3. The fourth-order valence-electron chi connectivity index (χ4n) is 4.36. The molecule has 0 aromatic heterocycles. The SMILES string of the molecule is CN(CC(=O)O)C1CCCN(CC(=O)NC2(c3ccccc3)CCC2)CC1.Cl. The molecule has 156 valence electrons. The topological polar surface area (TPSA) is 72.9 Å². The van der Waals surface area contributed by atoms with Gasteiger partial charge in [0, 0.05) is 12.6 Å². The number of hydrogen-bond acceptors (Lipinski definition) is 4. The monoisotopic (exact) mass is 409 g/mol. The first-order chi connectivity index (χ1) is 13.0. The third-order valence-electron chi connectivity index (χ3n) is 6.08. The van der Waals surface area contributed by atoms with E-state index in [4.69, 9.17) is 5.11 Å². The summed E-state index contributed by atoms with van der Waals surface area (Å²) < 4.78 is 0. The molecule has 0 spiro atoms. The van der Waals surface area contributed by atoms with Gasteiger partial charge in [-0.1, -0.05) is 30.3 Å². The predicted molar refractivity (Wildman–Crippen MR) is 112 cm³/mol. The Labute approximate surface area is 173 Å². The second kappa shape index (κ2) is 10.2. The first-order valence-corrected chi connectivity index (χ1v) is 9.99. The Bertz CT molecular complexity index is 652. The van der Waals surface area contributed by atoms with Gasteiger partial charge in [-0.25, -0.2) is 0 Å². The zero-order valence-corrected chi connectivity index (χ0v) is 17.4. The van der Waals surface area contributed by atoms with Crippen molar-refractivity contribution in [2.75, 3.05) is 33.2 Å². The molecular formula is C21H32ClN3O3. The molecular weight excluding hydrogens is 378 g/mol. The molecule has 1 atom stereocenters. The second-order valence-corrected chi connectivity index (χ2v) is 8.02. The number of likely N-dealkylation sites (tertiary alicyclic amines) is 1. The Morgan fingerprint density at radius 2 is 1.89 bits per heavy atom. The van der Waals surface area contributed by atoms with Crippen molar-refractivity contribution in [1.29, 1.82) is 0 Å². The molecule has 1 saturated carbocycles. The number of nitrogens with one attached hydrogen (secondary N) is 1. The summed E-state index contributed by atoms with van der Waals surface area (Å²) in [4.78, 5) is 27.8. The fraction of sp³-hybridized carbons (Fsp3) is 0.619. The molecule has 7 heteroatoms. The average Bonchev–Trinajstić information content (AvgIpc) is 2.84. The van der Waals surface area contributed by atoms with Crippen molar-refractivity contribution in [2.24, 2.45) is 0 Å². The Balaban J connectivity index is 0.00000280. The van der Waals surface area contributed by atoms with Crippen LogP contribution in [-0.2, 0) is 15.1 Å². The van der Waals surface area contributed by atoms with E-state index in [1.54, 1.807) is 0 Å². The highest BCUT2D eigenvalue weighted by Crippen LogP contribution is 2.41. The van der Waals surface area contributed by atoms with Crippen LogP contribution in [0, 0.1) is 0 Å². The molecule has 28 heavy (non-hydrogen) atoms. The fourth-order valence-corrected chi connectivity index (χ4v) is 4.36. The van der Waals surface area contributed by atoms with Crippen LogP contribution in [0.25, 0.3) is 0 Å². The molecule has 1 aliphatic heterocycles. The molecule has 1 heterocycles. The molecule has 1 unspecified atom stereocenters. The highest BCUT2D eigenvalue weighted by molar-refractivity contribution is 5.85. The van der Waals surface area contributed by atoms with Crippen LogP contribution < -0.4 is 5.32 Å². The van der Waals surface area contributed by atoms with Gasteiger partial charge in [-0.15, -0.1) is 12.4 Å². The van der Waals surface area contributed by atoms with Crippen LogP contribution in [-0.4, -0.2) is 66.1 Å². The zero-order valence-electron chi connectivity index (χ0n) is 16.6. The van der Waals surface area contributed by atoms with E-state index in [1.807, 2.05) is 30.1 Å². The van der Waals surface area contributed by atoms with Gasteiger partial charge in [-0.3, -0.25) is 19.4 Å². The van der Waals surface area contributed by atoms with E-state index in [-0.39, 0.29) is 36.4 Å². The van der Waals surface area contributed by atoms with Crippen LogP contribution in [0.2, 0.25) is 0 Å². The van der Waals surface area contributed by atoms with Crippen molar-refractivity contribution < 1.29 is 14.7 Å². The largest absolute Gasteiger partial charge is 0.480 e. The first-order valence-electron chi connectivity index (χ1n) is 9.99. The van der Waals surface area contributed by atoms with E-state index in [1.165, 1.54) is 5.56 Å². The first kappa shape index (κ1) is 22.7. The predicted octanol–water partition coefficient (Wildman–Crippen LogP) is 2.47. The number of carbonyl (C=O) groups is 2. The van der Waals surface area contributed by atoms with Crippen LogP contribution in [0.3, 0.4) is 0 Å². The number of hydrogen-bond donors (Lipinski definition) is 2. The van der Waals surface area contributed by atoms with Crippen molar-refractivity contribution in [1.82, 2.24) is 15.1 Å². The normalized spacial score (nSPS) is 21.9. The molecule has 1 aliphatic carbocycles. The Kier molecular flexibility index (Phi) is 8.28. The summed E-state index contributed by atoms with van der Waals surface area (Å²) in [6.45, 7) is 2.22. The van der Waals surface area contributed by atoms with Gasteiger partial charge in [-0.05, 0) is 57.7 Å². The molecule has 0 bridgehead atoms. The molecule has 2 N–H and O–H groups in total. The van der Waals surface area contributed by atoms with Crippen molar-refractivity contribution in [3.8, 4) is 0 Å². The molecule has 2 fully saturated rings. The number of halogens is 1. The van der Waals surface area contributed by atoms with Gasteiger partial charge < -0.3 is 10.4 Å². The van der Waals surface area contributed by atoms with Crippen LogP contribution >= 0.6 is 12.4 Å². The minimum absolute atomic E-state index is 0. The summed E-state index contributed by atoms with van der Waals surface area (Å²) in [5.74, 6) is -0.694. The highest BCUT2D eigenvalue weighted by atomic mass is 35.5. The molecule has 1 saturated heterocycles. The maximum atomic E-state index is 12.7. The van der Waals surface area contributed by atoms with Crippen LogP contribution in [0.15, 0.2) is 30.3 Å². The van der Waals surface area contributed by atoms with E-state index in [0.717, 1.165) is 51.6 Å². The van der Waals surface area contributed by atoms with Crippen molar-refractivity contribution in [2.45, 2.75) is 50.1 Å². The van der Waals surface area contributed by atoms with Gasteiger partial charge in [0.15, 0.2) is 0 Å². The summed E-state index contributed by atoms with van der Waals surface area (Å²) in [6, 6.07) is 10.6. The molecule has 1 aromatic carbocycles. The summed E-state index contributed by atoms with van der Waals surface area (Å²) in [7, 11) is 1.88. The van der Waals surface area contributed by atoms with Crippen molar-refractivity contribution in [3.63, 3.8) is 0 Å². The Hall–Kier alpha value is -1.63. The smallest absolute Gasteiger partial charge is 0.317 e. The van der Waals surface area contributed by atoms with E-state index >= 15 is 0 Å². The van der Waals surface area contributed by atoms with Crippen LogP contribution in [0.5, 0.6) is 0 Å². The number of carboxylic acid groups (broad SMARTS) is 1. The number of carboxylic acids is 1. The van der Waals surface area contributed by atoms with E-state index in [2.05, 4.69) is 22.3 Å². The van der Waals surface area contributed by atoms with Crippen LogP contribution in [0.4, 0.5) is 0 Å². The Morgan fingerprint density at radius 3 is 2.50 bits per heavy atom. The van der Waals surface area contributed by atoms with Gasteiger partial charge in [0.1, 0.15) is 0 Å². The van der Waals surface area contributed by atoms with Crippen molar-refractivity contribution in [3.05, 3.63) is 35.9 Å². The maximum absolute atomic E-state index is 12.7. The standard InChI is InChI=1S/C21H31N3O3.ClH/c1-23(16-20(26)27)18-9-5-13-24(14-10-18)15-19(25)22-21(11-6-12-21)17-7-3-2-4-8-17;/h2-4,7-8,18H,5-6,9-16H2,1H3,(H,22,25)(H,26,27);1H. The quantitative estimate of drug-likeness (QED) is 0.723. The summed E-state index contributed by atoms with van der Waals surface area (Å²) in [6.07, 6.45) is 6.04. The molecule has 6 nitrogen and oxygen atoms in total. The second-order valence-electron chi connectivity index (χ2n) is 8.02. The number of amides is 1. The molecule has 2 aliphatic rings. The number of nitrogens with zero attached hydrogens (tertiary/aromatic N) is 2. The van der Waals surface area contributed by atoms with Crippen LogP contribution in [0.1, 0.15) is 44.1 Å². The number of rotatable bonds is 7. The molecule has 3 rings (SSSR count). The molecule has 0 radical (unpaired) electrons. The highest BCUT2D eigenvalue weighted by Gasteiger charge is 2.40. The lowest BCUT2D eigenvalue weighted by Gasteiger charge is -2.43. The zero-order chi connectivity index (χ0) is 19.3. The molecule has 1 amide bonds. The lowest BCUT2D eigenvalue weighted by molar-refractivity contribution is -0.138. The minimum atomic E-state index is -0.787. The summed E-state index contributed by atoms with van der Waals surface area (Å²) in [5.41, 5.74) is 1.02. The number of carbonyl (C=O) groups excluding carboxylic acids is 1. The van der Waals surface area contributed by atoms with Gasteiger partial charge >= 0.3 is 5.97 Å². The van der Waals surface area contributed by atoms with E-state index in [9.17, 15) is 9.59 Å². The maximum Gasteiger partial charge on any atom is 0.317 e. The van der Waals surface area contributed by atoms with Gasteiger partial charge in [0.2, 0.25) is 5.91 Å². The van der Waals surface area contributed by atoms with Gasteiger partial charge in [-0.2, -0.15) is 0 Å². The minimum Gasteiger partial charge on any atom is -0.480 e. The third kappa shape index (κ3) is 5.69. The van der Waals surface area contributed by atoms with Gasteiger partial charge in [0.05, 0.1) is 18.6 Å². The lowest BCUT2D eigenvalue weighted by Crippen LogP contribution is -2.53. The van der Waals surface area contributed by atoms with E-state index in [0.29, 0.717) is 6.54 Å². The third-order valence-corrected chi connectivity index (χ3v) is 6.08. The number of likely N-dealkylation sites (N-methyl/N-ethyl adjacent to an activating group) is 1. The number of benzene rings is 1. The Morgan fingerprint density at radius 1 is 1.18 bits per heavy atom. The van der Waals surface area contributed by atoms with Gasteiger partial charge in [0.25, 0.3) is 0 Å². The van der Waals surface area contributed by atoms with Crippen molar-refractivity contribution >= 4 is 24.3 Å². The summed E-state index contributed by atoms with van der Waals surface area (Å²) >= 11 is 0. The average molecular weight is 410 g/mol. The number of aliphatic carboxylic acids is 1. The van der Waals surface area contributed by atoms with E-state index < -0.39 is 5.97 Å². The molecule has 1 aromatic rings.